The molecule has 1 aliphatic carbocycles. The third kappa shape index (κ3) is 7.83. The van der Waals surface area contributed by atoms with Gasteiger partial charge in [0.1, 0.15) is 5.15 Å². The predicted molar refractivity (Wildman–Crippen MR) is 174 cm³/mol. The van der Waals surface area contributed by atoms with E-state index in [2.05, 4.69) is 54.7 Å². The summed E-state index contributed by atoms with van der Waals surface area (Å²) in [7, 11) is -4.32. The molecule has 1 saturated carbocycles. The van der Waals surface area contributed by atoms with Gasteiger partial charge in [-0.1, -0.05) is 11.6 Å². The Bertz CT molecular complexity index is 1760. The third-order valence-corrected chi connectivity index (χ3v) is 10.9. The lowest BCUT2D eigenvalue weighted by atomic mass is 9.92. The lowest BCUT2D eigenvalue weighted by Crippen LogP contribution is -2.50. The van der Waals surface area contributed by atoms with Gasteiger partial charge < -0.3 is 4.74 Å². The average Bonchev–Trinajstić information content (AvgIpc) is 3.28. The smallest absolute Gasteiger partial charge is 0.394 e. The maximum atomic E-state index is 13.1. The van der Waals surface area contributed by atoms with Crippen molar-refractivity contribution in [2.24, 2.45) is 11.3 Å². The second-order valence-corrected chi connectivity index (χ2v) is 16.6. The van der Waals surface area contributed by atoms with Gasteiger partial charge in [0.2, 0.25) is 5.88 Å². The van der Waals surface area contributed by atoms with Gasteiger partial charge in [-0.3, -0.25) is 14.4 Å². The van der Waals surface area contributed by atoms with E-state index in [0.29, 0.717) is 18.2 Å². The maximum absolute atomic E-state index is 13.1. The molecule has 1 N–H and O–H groups in total. The minimum atomic E-state index is -4.32. The number of carbonyl (C=O) groups is 1. The van der Waals surface area contributed by atoms with Gasteiger partial charge in [-0.15, -0.1) is 5.10 Å². The number of pyridine rings is 1. The van der Waals surface area contributed by atoms with Crippen molar-refractivity contribution >= 4 is 27.5 Å². The highest BCUT2D eigenvalue weighted by atomic mass is 35.5. The molecule has 0 spiro atoms. The van der Waals surface area contributed by atoms with Gasteiger partial charge in [0.05, 0.1) is 17.6 Å². The second-order valence-electron chi connectivity index (χ2n) is 14.6. The van der Waals surface area contributed by atoms with Crippen LogP contribution in [0.2, 0.25) is 5.15 Å². The minimum absolute atomic E-state index is 0.0817. The zero-order valence-electron chi connectivity index (χ0n) is 28.1. The van der Waals surface area contributed by atoms with Crippen LogP contribution in [0.3, 0.4) is 0 Å². The van der Waals surface area contributed by atoms with Crippen LogP contribution in [0.4, 0.5) is 13.2 Å². The number of alkyl halides is 3. The lowest BCUT2D eigenvalue weighted by Gasteiger charge is -2.42. The summed E-state index contributed by atoms with van der Waals surface area (Å²) in [5.41, 5.74) is -1.00. The normalized spacial score (nSPS) is 19.4. The molecule has 2 aliphatic rings. The van der Waals surface area contributed by atoms with E-state index < -0.39 is 27.5 Å². The SMILES string of the molecule is Cc1cc(S(=O)(=O)NC(=O)c2ccc(-n3ccc(OCCC4(C(F)(F)F)CC4)n3)nc2Cl)nn1CCCC1CN(C(C)(C)C)C(C)(C)C1. The topological polar surface area (TPSA) is 124 Å². The van der Waals surface area contributed by atoms with E-state index in [1.165, 1.54) is 35.1 Å². The quantitative estimate of drug-likeness (QED) is 0.216. The molecule has 3 aromatic heterocycles. The molecule has 5 rings (SSSR count). The van der Waals surface area contributed by atoms with Crippen LogP contribution in [0, 0.1) is 18.3 Å². The summed E-state index contributed by atoms with van der Waals surface area (Å²) in [6.45, 7) is 14.5. The Hall–Kier alpha value is -3.17. The number of ether oxygens (including phenoxy) is 1. The first-order valence-electron chi connectivity index (χ1n) is 16.0. The molecule has 1 atom stereocenters. The summed E-state index contributed by atoms with van der Waals surface area (Å²) >= 11 is 6.26. The van der Waals surface area contributed by atoms with Crippen molar-refractivity contribution in [2.45, 2.75) is 109 Å². The highest BCUT2D eigenvalue weighted by Gasteiger charge is 2.62. The van der Waals surface area contributed by atoms with Crippen LogP contribution in [-0.4, -0.2) is 74.2 Å². The number of hydrogen-bond donors (Lipinski definition) is 1. The number of halogens is 4. The number of amides is 1. The molecule has 1 unspecified atom stereocenters. The van der Waals surface area contributed by atoms with Crippen molar-refractivity contribution in [3.8, 4) is 11.7 Å². The molecule has 11 nitrogen and oxygen atoms in total. The summed E-state index contributed by atoms with van der Waals surface area (Å²) in [5, 5.41) is 7.88. The van der Waals surface area contributed by atoms with E-state index in [4.69, 9.17) is 16.3 Å². The van der Waals surface area contributed by atoms with Gasteiger partial charge in [0.25, 0.3) is 15.9 Å². The number of nitrogens with zero attached hydrogens (tertiary/aromatic N) is 6. The van der Waals surface area contributed by atoms with Crippen molar-refractivity contribution in [3.05, 3.63) is 46.9 Å². The first-order chi connectivity index (χ1) is 22.2. The van der Waals surface area contributed by atoms with Crippen molar-refractivity contribution in [1.82, 2.24) is 34.2 Å². The Morgan fingerprint density at radius 1 is 1.15 bits per heavy atom. The molecule has 4 heterocycles. The van der Waals surface area contributed by atoms with Crippen molar-refractivity contribution in [3.63, 3.8) is 0 Å². The second kappa shape index (κ2) is 12.9. The Balaban J connectivity index is 1.15. The number of sulfonamides is 1. The molecule has 1 amide bonds. The van der Waals surface area contributed by atoms with Crippen LogP contribution >= 0.6 is 11.6 Å². The Morgan fingerprint density at radius 2 is 1.85 bits per heavy atom. The number of aromatic nitrogens is 5. The summed E-state index contributed by atoms with van der Waals surface area (Å²) < 4.78 is 76.0. The van der Waals surface area contributed by atoms with Gasteiger partial charge in [-0.05, 0) is 98.1 Å². The fourth-order valence-corrected chi connectivity index (χ4v) is 7.99. The Morgan fingerprint density at radius 3 is 2.46 bits per heavy atom. The highest BCUT2D eigenvalue weighted by molar-refractivity contribution is 7.90. The van der Waals surface area contributed by atoms with Crippen LogP contribution in [0.1, 0.15) is 89.2 Å². The van der Waals surface area contributed by atoms with Crippen LogP contribution in [0.15, 0.2) is 35.5 Å². The van der Waals surface area contributed by atoms with Crippen LogP contribution in [-0.2, 0) is 16.6 Å². The van der Waals surface area contributed by atoms with Gasteiger partial charge in [-0.2, -0.15) is 26.7 Å². The predicted octanol–water partition coefficient (Wildman–Crippen LogP) is 6.33. The number of carbonyl (C=O) groups excluding carboxylic acids is 1. The Labute approximate surface area is 284 Å². The van der Waals surface area contributed by atoms with Crippen LogP contribution in [0.25, 0.3) is 5.82 Å². The molecule has 48 heavy (non-hydrogen) atoms. The number of hydrogen-bond acceptors (Lipinski definition) is 8. The lowest BCUT2D eigenvalue weighted by molar-refractivity contribution is -0.190. The fourth-order valence-electron chi connectivity index (χ4n) is 6.77. The Kier molecular flexibility index (Phi) is 9.74. The molecule has 16 heteroatoms. The number of likely N-dealkylation sites (tertiary alicyclic amines) is 1. The van der Waals surface area contributed by atoms with Crippen molar-refractivity contribution < 1.29 is 31.1 Å². The van der Waals surface area contributed by atoms with Crippen molar-refractivity contribution in [2.75, 3.05) is 13.2 Å². The maximum Gasteiger partial charge on any atom is 0.394 e. The van der Waals surface area contributed by atoms with E-state index in [9.17, 15) is 26.4 Å². The number of aryl methyl sites for hydroxylation is 2. The summed E-state index contributed by atoms with van der Waals surface area (Å²) in [6, 6.07) is 5.58. The fraction of sp³-hybridized carbons (Fsp3) is 0.625. The molecule has 2 fully saturated rings. The molecular weight excluding hydrogens is 671 g/mol. The summed E-state index contributed by atoms with van der Waals surface area (Å²) in [6.07, 6.45) is 0.173. The summed E-state index contributed by atoms with van der Waals surface area (Å²) in [5.74, 6) is -0.160. The van der Waals surface area contributed by atoms with Crippen molar-refractivity contribution in [1.29, 1.82) is 0 Å². The van der Waals surface area contributed by atoms with E-state index in [1.807, 2.05) is 4.72 Å². The van der Waals surface area contributed by atoms with Gasteiger partial charge in [-0.25, -0.2) is 14.4 Å². The third-order valence-electron chi connectivity index (χ3n) is 9.38. The molecule has 264 valence electrons. The van der Waals surface area contributed by atoms with E-state index in [1.54, 1.807) is 11.6 Å². The first kappa shape index (κ1) is 36.1. The monoisotopic (exact) mass is 713 g/mol. The number of nitrogens with one attached hydrogen (secondary N) is 1. The molecule has 0 bridgehead atoms. The van der Waals surface area contributed by atoms with E-state index >= 15 is 0 Å². The zero-order valence-corrected chi connectivity index (χ0v) is 29.6. The molecule has 1 aliphatic heterocycles. The first-order valence-corrected chi connectivity index (χ1v) is 17.9. The largest absolute Gasteiger partial charge is 0.477 e. The zero-order chi connectivity index (χ0) is 35.3. The average molecular weight is 714 g/mol. The molecule has 1 saturated heterocycles. The van der Waals surface area contributed by atoms with Gasteiger partial charge in [0.15, 0.2) is 10.8 Å². The number of rotatable bonds is 12. The standard InChI is InChI=1S/C32H43ClF3N7O4S/c1-21-18-26(39-41(21)15-7-8-22-19-30(5,6)43(20-22)29(2,3)4)48(45,46)40-28(44)23-9-10-24(37-27(23)33)42-16-11-25(38-42)47-17-14-31(12-13-31)32(34,35)36/h9-11,16,18,22H,7-8,12-15,17,19-20H2,1-6H3,(H,40,44). The van der Waals surface area contributed by atoms with Crippen LogP contribution < -0.4 is 9.46 Å². The highest BCUT2D eigenvalue weighted by Crippen LogP contribution is 2.59. The minimum Gasteiger partial charge on any atom is -0.477 e. The van der Waals surface area contributed by atoms with Gasteiger partial charge in [0, 0.05) is 48.2 Å². The van der Waals surface area contributed by atoms with Crippen LogP contribution in [0.5, 0.6) is 5.88 Å². The molecule has 0 aromatic carbocycles. The van der Waals surface area contributed by atoms with E-state index in [0.717, 1.165) is 25.8 Å². The van der Waals surface area contributed by atoms with E-state index in [-0.39, 0.29) is 64.4 Å². The summed E-state index contributed by atoms with van der Waals surface area (Å²) in [4.78, 5) is 19.7. The molecular formula is C32H43ClF3N7O4S. The van der Waals surface area contributed by atoms with Gasteiger partial charge >= 0.3 is 6.18 Å². The molecule has 3 aromatic rings. The molecule has 0 radical (unpaired) electrons.